The van der Waals surface area contributed by atoms with Crippen LogP contribution >= 0.6 is 23.4 Å². The Labute approximate surface area is 159 Å². The number of carbonyl (C=O) groups is 1. The van der Waals surface area contributed by atoms with Gasteiger partial charge in [0.05, 0.1) is 11.9 Å². The number of carbonyl (C=O) groups excluding carboxylic acids is 1. The molecule has 3 heterocycles. The average Bonchev–Trinajstić information content (AvgIpc) is 3.09. The fraction of sp³-hybridized carbons (Fsp3) is 0.294. The number of thioether (sulfide) groups is 1. The molecule has 1 saturated heterocycles. The normalized spacial score (nSPS) is 14.8. The van der Waals surface area contributed by atoms with Crippen molar-refractivity contribution >= 4 is 46.2 Å². The van der Waals surface area contributed by atoms with E-state index in [4.69, 9.17) is 16.0 Å². The Bertz CT molecular complexity index is 912. The molecular weight excluding hydrogens is 374 g/mol. The van der Waals surface area contributed by atoms with E-state index in [1.807, 2.05) is 4.90 Å². The highest BCUT2D eigenvalue weighted by Crippen LogP contribution is 2.26. The van der Waals surface area contributed by atoms with E-state index in [9.17, 15) is 4.79 Å². The van der Waals surface area contributed by atoms with Crippen molar-refractivity contribution in [3.05, 3.63) is 41.8 Å². The van der Waals surface area contributed by atoms with Gasteiger partial charge < -0.3 is 14.2 Å². The van der Waals surface area contributed by atoms with Crippen LogP contribution in [0.4, 0.5) is 5.82 Å². The van der Waals surface area contributed by atoms with Crippen LogP contribution < -0.4 is 4.90 Å². The van der Waals surface area contributed by atoms with Crippen molar-refractivity contribution in [1.82, 2.24) is 19.9 Å². The largest absolute Gasteiger partial charge is 0.431 e. The zero-order valence-corrected chi connectivity index (χ0v) is 15.4. The molecule has 7 nitrogen and oxygen atoms in total. The highest BCUT2D eigenvalue weighted by Gasteiger charge is 2.22. The number of piperazine rings is 1. The van der Waals surface area contributed by atoms with Crippen molar-refractivity contribution in [2.45, 2.75) is 5.22 Å². The SMILES string of the molecule is O=C(CSc1nc2ccc(Cl)cc2o1)N1CCN(c2cnccn2)CC1. The third-order valence-corrected chi connectivity index (χ3v) is 5.20. The highest BCUT2D eigenvalue weighted by atomic mass is 35.5. The zero-order chi connectivity index (χ0) is 17.9. The number of hydrogen-bond acceptors (Lipinski definition) is 7. The second kappa shape index (κ2) is 7.51. The molecule has 1 aliphatic heterocycles. The van der Waals surface area contributed by atoms with E-state index in [-0.39, 0.29) is 5.91 Å². The first-order chi connectivity index (χ1) is 12.7. The molecule has 9 heteroatoms. The third kappa shape index (κ3) is 3.76. The molecule has 0 radical (unpaired) electrons. The van der Waals surface area contributed by atoms with E-state index in [1.54, 1.807) is 36.8 Å². The summed E-state index contributed by atoms with van der Waals surface area (Å²) in [7, 11) is 0. The van der Waals surface area contributed by atoms with Gasteiger partial charge in [-0.3, -0.25) is 9.78 Å². The van der Waals surface area contributed by atoms with E-state index in [2.05, 4.69) is 19.9 Å². The third-order valence-electron chi connectivity index (χ3n) is 4.16. The van der Waals surface area contributed by atoms with Gasteiger partial charge in [-0.1, -0.05) is 23.4 Å². The lowest BCUT2D eigenvalue weighted by atomic mass is 10.3. The van der Waals surface area contributed by atoms with Crippen molar-refractivity contribution in [2.24, 2.45) is 0 Å². The Balaban J connectivity index is 1.31. The first kappa shape index (κ1) is 17.1. The maximum Gasteiger partial charge on any atom is 0.257 e. The molecule has 1 aromatic carbocycles. The number of nitrogens with zero attached hydrogens (tertiary/aromatic N) is 5. The Morgan fingerprint density at radius 1 is 1.23 bits per heavy atom. The molecule has 0 spiro atoms. The van der Waals surface area contributed by atoms with Crippen LogP contribution in [-0.4, -0.2) is 57.7 Å². The summed E-state index contributed by atoms with van der Waals surface area (Å²) < 4.78 is 5.63. The quantitative estimate of drug-likeness (QED) is 0.635. The van der Waals surface area contributed by atoms with Crippen LogP contribution in [0.3, 0.4) is 0 Å². The number of fused-ring (bicyclic) bond motifs is 1. The monoisotopic (exact) mass is 389 g/mol. The zero-order valence-electron chi connectivity index (χ0n) is 13.8. The molecule has 1 fully saturated rings. The minimum atomic E-state index is 0.0779. The molecule has 0 saturated carbocycles. The molecule has 26 heavy (non-hydrogen) atoms. The number of aromatic nitrogens is 3. The lowest BCUT2D eigenvalue weighted by Crippen LogP contribution is -2.49. The van der Waals surface area contributed by atoms with Crippen LogP contribution in [0.15, 0.2) is 46.4 Å². The summed E-state index contributed by atoms with van der Waals surface area (Å²) in [5, 5.41) is 1.08. The molecule has 0 unspecified atom stereocenters. The van der Waals surface area contributed by atoms with Crippen molar-refractivity contribution in [1.29, 1.82) is 0 Å². The minimum Gasteiger partial charge on any atom is -0.431 e. The number of hydrogen-bond donors (Lipinski definition) is 0. The molecule has 2 aromatic heterocycles. The molecule has 0 atom stereocenters. The van der Waals surface area contributed by atoms with E-state index in [0.29, 0.717) is 34.7 Å². The van der Waals surface area contributed by atoms with E-state index >= 15 is 0 Å². The summed E-state index contributed by atoms with van der Waals surface area (Å²) in [6.07, 6.45) is 5.07. The summed E-state index contributed by atoms with van der Waals surface area (Å²) in [4.78, 5) is 29.2. The van der Waals surface area contributed by atoms with Gasteiger partial charge in [0, 0.05) is 49.7 Å². The number of benzene rings is 1. The maximum atomic E-state index is 12.5. The average molecular weight is 390 g/mol. The second-order valence-electron chi connectivity index (χ2n) is 5.81. The molecule has 4 rings (SSSR count). The molecule has 1 aliphatic rings. The van der Waals surface area contributed by atoms with Crippen molar-refractivity contribution in [3.63, 3.8) is 0 Å². The van der Waals surface area contributed by atoms with Crippen molar-refractivity contribution in [2.75, 3.05) is 36.8 Å². The summed E-state index contributed by atoms with van der Waals surface area (Å²) in [6.45, 7) is 2.82. The summed E-state index contributed by atoms with van der Waals surface area (Å²) in [5.41, 5.74) is 1.37. The van der Waals surface area contributed by atoms with Crippen LogP contribution in [-0.2, 0) is 4.79 Å². The van der Waals surface area contributed by atoms with Crippen LogP contribution in [0.1, 0.15) is 0 Å². The van der Waals surface area contributed by atoms with E-state index < -0.39 is 0 Å². The number of halogens is 1. The molecular formula is C17H16ClN5O2S. The molecule has 0 aliphatic carbocycles. The standard InChI is InChI=1S/C17H16ClN5O2S/c18-12-1-2-13-14(9-12)25-17(21-13)26-11-16(24)23-7-5-22(6-8-23)15-10-19-3-4-20-15/h1-4,9-10H,5-8,11H2. The molecule has 134 valence electrons. The van der Waals surface area contributed by atoms with E-state index in [1.165, 1.54) is 11.8 Å². The lowest BCUT2D eigenvalue weighted by molar-refractivity contribution is -0.128. The van der Waals surface area contributed by atoms with E-state index in [0.717, 1.165) is 24.4 Å². The van der Waals surface area contributed by atoms with Gasteiger partial charge in [-0.15, -0.1) is 0 Å². The van der Waals surface area contributed by atoms with Gasteiger partial charge in [0.15, 0.2) is 5.58 Å². The maximum absolute atomic E-state index is 12.5. The van der Waals surface area contributed by atoms with Crippen LogP contribution in [0.25, 0.3) is 11.1 Å². The van der Waals surface area contributed by atoms with Gasteiger partial charge in [-0.05, 0) is 12.1 Å². The lowest BCUT2D eigenvalue weighted by Gasteiger charge is -2.35. The Morgan fingerprint density at radius 3 is 2.85 bits per heavy atom. The van der Waals surface area contributed by atoms with Crippen LogP contribution in [0, 0.1) is 0 Å². The molecule has 0 N–H and O–H groups in total. The van der Waals surface area contributed by atoms with Gasteiger partial charge in [0.1, 0.15) is 11.3 Å². The number of anilines is 1. The topological polar surface area (TPSA) is 75.4 Å². The number of rotatable bonds is 4. The summed E-state index contributed by atoms with van der Waals surface area (Å²) in [6, 6.07) is 5.29. The van der Waals surface area contributed by atoms with Gasteiger partial charge in [-0.2, -0.15) is 0 Å². The molecule has 0 bridgehead atoms. The van der Waals surface area contributed by atoms with Crippen molar-refractivity contribution < 1.29 is 9.21 Å². The van der Waals surface area contributed by atoms with Gasteiger partial charge in [0.2, 0.25) is 5.91 Å². The molecule has 3 aromatic rings. The summed E-state index contributed by atoms with van der Waals surface area (Å²) in [5.74, 6) is 1.22. The Morgan fingerprint density at radius 2 is 2.08 bits per heavy atom. The van der Waals surface area contributed by atoms with Gasteiger partial charge in [0.25, 0.3) is 5.22 Å². The predicted octanol–water partition coefficient (Wildman–Crippen LogP) is 2.71. The highest BCUT2D eigenvalue weighted by molar-refractivity contribution is 7.99. The molecule has 1 amide bonds. The van der Waals surface area contributed by atoms with Crippen molar-refractivity contribution in [3.8, 4) is 0 Å². The van der Waals surface area contributed by atoms with Gasteiger partial charge >= 0.3 is 0 Å². The van der Waals surface area contributed by atoms with Gasteiger partial charge in [-0.25, -0.2) is 9.97 Å². The number of amides is 1. The number of oxazole rings is 1. The second-order valence-corrected chi connectivity index (χ2v) is 7.17. The fourth-order valence-electron chi connectivity index (χ4n) is 2.79. The fourth-order valence-corrected chi connectivity index (χ4v) is 3.70. The first-order valence-corrected chi connectivity index (χ1v) is 9.53. The Kier molecular flexibility index (Phi) is 4.94. The summed E-state index contributed by atoms with van der Waals surface area (Å²) >= 11 is 7.25. The first-order valence-electron chi connectivity index (χ1n) is 8.17. The predicted molar refractivity (Wildman–Crippen MR) is 101 cm³/mol. The Hall–Kier alpha value is -2.32. The van der Waals surface area contributed by atoms with Crippen LogP contribution in [0.2, 0.25) is 5.02 Å². The smallest absolute Gasteiger partial charge is 0.257 e. The minimum absolute atomic E-state index is 0.0779. The van der Waals surface area contributed by atoms with Crippen LogP contribution in [0.5, 0.6) is 0 Å².